The van der Waals surface area contributed by atoms with Crippen molar-refractivity contribution in [3.63, 3.8) is 0 Å². The molecule has 2 rings (SSSR count). The molecule has 8 heteroatoms. The van der Waals surface area contributed by atoms with E-state index in [9.17, 15) is 22.4 Å². The fourth-order valence-electron chi connectivity index (χ4n) is 1.96. The predicted octanol–water partition coefficient (Wildman–Crippen LogP) is 3.25. The molecular formula is C13H10F4N2O2. The Labute approximate surface area is 116 Å². The molecule has 0 saturated carbocycles. The van der Waals surface area contributed by atoms with Crippen molar-refractivity contribution in [2.45, 2.75) is 13.1 Å². The zero-order chi connectivity index (χ0) is 15.9. The molecule has 0 aliphatic carbocycles. The van der Waals surface area contributed by atoms with Crippen LogP contribution in [0, 0.1) is 12.7 Å². The van der Waals surface area contributed by atoms with E-state index < -0.39 is 23.7 Å². The number of aromatic carboxylic acids is 1. The van der Waals surface area contributed by atoms with E-state index in [1.54, 1.807) is 0 Å². The summed E-state index contributed by atoms with van der Waals surface area (Å²) in [5.74, 6) is -2.12. The van der Waals surface area contributed by atoms with Crippen molar-refractivity contribution >= 4 is 5.97 Å². The minimum absolute atomic E-state index is 0.177. The van der Waals surface area contributed by atoms with Crippen LogP contribution < -0.4 is 0 Å². The van der Waals surface area contributed by atoms with Gasteiger partial charge in [-0.15, -0.1) is 0 Å². The molecular weight excluding hydrogens is 292 g/mol. The molecule has 21 heavy (non-hydrogen) atoms. The number of halogens is 4. The molecule has 0 fully saturated rings. The summed E-state index contributed by atoms with van der Waals surface area (Å²) in [4.78, 5) is 11.0. The van der Waals surface area contributed by atoms with E-state index >= 15 is 0 Å². The van der Waals surface area contributed by atoms with Crippen LogP contribution in [-0.2, 0) is 13.2 Å². The third-order valence-corrected chi connectivity index (χ3v) is 2.99. The Morgan fingerprint density at radius 3 is 2.38 bits per heavy atom. The molecule has 0 spiro atoms. The maximum absolute atomic E-state index is 13.9. The number of carboxylic acids is 1. The zero-order valence-corrected chi connectivity index (χ0v) is 11.0. The Morgan fingerprint density at radius 1 is 1.29 bits per heavy atom. The van der Waals surface area contributed by atoms with Crippen LogP contribution in [0.1, 0.15) is 21.6 Å². The van der Waals surface area contributed by atoms with E-state index in [0.717, 1.165) is 19.2 Å². The van der Waals surface area contributed by atoms with Gasteiger partial charge in [-0.1, -0.05) is 0 Å². The fourth-order valence-corrected chi connectivity index (χ4v) is 1.96. The van der Waals surface area contributed by atoms with Crippen LogP contribution >= 0.6 is 0 Å². The lowest BCUT2D eigenvalue weighted by Gasteiger charge is -2.05. The molecule has 2 aromatic rings. The van der Waals surface area contributed by atoms with Gasteiger partial charge in [0.1, 0.15) is 11.5 Å². The number of hydrogen-bond donors (Lipinski definition) is 1. The van der Waals surface area contributed by atoms with Gasteiger partial charge in [0, 0.05) is 12.6 Å². The summed E-state index contributed by atoms with van der Waals surface area (Å²) in [6.07, 6.45) is -4.63. The van der Waals surface area contributed by atoms with Gasteiger partial charge >= 0.3 is 12.1 Å². The number of benzene rings is 1. The summed E-state index contributed by atoms with van der Waals surface area (Å²) in [6, 6.07) is 2.62. The summed E-state index contributed by atoms with van der Waals surface area (Å²) >= 11 is 0. The van der Waals surface area contributed by atoms with E-state index in [1.165, 1.54) is 6.92 Å². The zero-order valence-electron chi connectivity index (χ0n) is 11.0. The third kappa shape index (κ3) is 2.74. The van der Waals surface area contributed by atoms with E-state index in [-0.39, 0.29) is 22.4 Å². The van der Waals surface area contributed by atoms with Gasteiger partial charge in [0.05, 0.1) is 11.3 Å². The van der Waals surface area contributed by atoms with Crippen LogP contribution in [0.25, 0.3) is 11.3 Å². The van der Waals surface area contributed by atoms with Gasteiger partial charge in [-0.25, -0.2) is 9.18 Å². The highest BCUT2D eigenvalue weighted by Crippen LogP contribution is 2.33. The van der Waals surface area contributed by atoms with Crippen molar-refractivity contribution < 1.29 is 27.5 Å². The Kier molecular flexibility index (Phi) is 3.48. The smallest absolute Gasteiger partial charge is 0.433 e. The molecule has 0 amide bonds. The Bertz CT molecular complexity index is 720. The van der Waals surface area contributed by atoms with Gasteiger partial charge in [-0.05, 0) is 30.7 Å². The third-order valence-electron chi connectivity index (χ3n) is 2.99. The fraction of sp³-hybridized carbons (Fsp3) is 0.231. The van der Waals surface area contributed by atoms with Gasteiger partial charge in [0.25, 0.3) is 0 Å². The second-order valence-electron chi connectivity index (χ2n) is 4.49. The number of nitrogens with zero attached hydrogens (tertiary/aromatic N) is 2. The van der Waals surface area contributed by atoms with Crippen molar-refractivity contribution in [3.8, 4) is 11.3 Å². The highest BCUT2D eigenvalue weighted by Gasteiger charge is 2.35. The summed E-state index contributed by atoms with van der Waals surface area (Å²) in [7, 11) is 1.08. The number of carbonyl (C=O) groups is 1. The topological polar surface area (TPSA) is 55.1 Å². The lowest BCUT2D eigenvalue weighted by Crippen LogP contribution is -2.11. The molecule has 0 aliphatic rings. The number of carboxylic acid groups (broad SMARTS) is 1. The Hall–Kier alpha value is -2.38. The molecule has 1 aromatic heterocycles. The second-order valence-corrected chi connectivity index (χ2v) is 4.49. The first kappa shape index (κ1) is 15.0. The van der Waals surface area contributed by atoms with Crippen LogP contribution in [0.15, 0.2) is 18.2 Å². The SMILES string of the molecule is Cc1cc(F)c(-c2cc(C(F)(F)F)n(C)n2)cc1C(=O)O. The summed E-state index contributed by atoms with van der Waals surface area (Å²) in [5.41, 5.74) is -1.62. The Balaban J connectivity index is 2.62. The quantitative estimate of drug-likeness (QED) is 0.866. The molecule has 1 heterocycles. The molecule has 0 atom stereocenters. The Morgan fingerprint density at radius 2 is 1.90 bits per heavy atom. The molecule has 0 saturated heterocycles. The molecule has 0 unspecified atom stereocenters. The number of aromatic nitrogens is 2. The highest BCUT2D eigenvalue weighted by molar-refractivity contribution is 5.91. The molecule has 0 radical (unpaired) electrons. The van der Waals surface area contributed by atoms with Gasteiger partial charge < -0.3 is 5.11 Å². The summed E-state index contributed by atoms with van der Waals surface area (Å²) in [5, 5.41) is 12.6. The maximum Gasteiger partial charge on any atom is 0.433 e. The van der Waals surface area contributed by atoms with Crippen LogP contribution in [0.5, 0.6) is 0 Å². The number of rotatable bonds is 2. The van der Waals surface area contributed by atoms with Crippen LogP contribution in [0.4, 0.5) is 17.6 Å². The number of hydrogen-bond acceptors (Lipinski definition) is 2. The molecule has 1 N–H and O–H groups in total. The predicted molar refractivity (Wildman–Crippen MR) is 65.3 cm³/mol. The summed E-state index contributed by atoms with van der Waals surface area (Å²) in [6.45, 7) is 1.40. The van der Waals surface area contributed by atoms with Gasteiger partial charge in [-0.2, -0.15) is 18.3 Å². The van der Waals surface area contributed by atoms with E-state index in [1.807, 2.05) is 0 Å². The first-order valence-corrected chi connectivity index (χ1v) is 5.76. The lowest BCUT2D eigenvalue weighted by molar-refractivity contribution is -0.143. The molecule has 112 valence electrons. The second kappa shape index (κ2) is 4.87. The van der Waals surface area contributed by atoms with Gasteiger partial charge in [0.2, 0.25) is 0 Å². The molecule has 1 aromatic carbocycles. The van der Waals surface area contributed by atoms with Crippen molar-refractivity contribution in [2.24, 2.45) is 7.05 Å². The highest BCUT2D eigenvalue weighted by atomic mass is 19.4. The van der Waals surface area contributed by atoms with Crippen LogP contribution in [-0.4, -0.2) is 20.9 Å². The normalized spacial score (nSPS) is 11.7. The minimum atomic E-state index is -4.63. The van der Waals surface area contributed by atoms with E-state index in [2.05, 4.69) is 5.10 Å². The molecule has 4 nitrogen and oxygen atoms in total. The van der Waals surface area contributed by atoms with Crippen molar-refractivity contribution in [2.75, 3.05) is 0 Å². The average Bonchev–Trinajstić information content (AvgIpc) is 2.70. The first-order chi connectivity index (χ1) is 9.61. The largest absolute Gasteiger partial charge is 0.478 e. The van der Waals surface area contributed by atoms with Crippen molar-refractivity contribution in [1.29, 1.82) is 0 Å². The van der Waals surface area contributed by atoms with Crippen molar-refractivity contribution in [1.82, 2.24) is 9.78 Å². The van der Waals surface area contributed by atoms with Crippen LogP contribution in [0.2, 0.25) is 0 Å². The molecule has 0 bridgehead atoms. The first-order valence-electron chi connectivity index (χ1n) is 5.76. The lowest BCUT2D eigenvalue weighted by atomic mass is 10.0. The van der Waals surface area contributed by atoms with Crippen LogP contribution in [0.3, 0.4) is 0 Å². The monoisotopic (exact) mass is 302 g/mol. The van der Waals surface area contributed by atoms with E-state index in [0.29, 0.717) is 10.7 Å². The average molecular weight is 302 g/mol. The van der Waals surface area contributed by atoms with Gasteiger partial charge in [0.15, 0.2) is 0 Å². The van der Waals surface area contributed by atoms with Crippen molar-refractivity contribution in [3.05, 3.63) is 40.8 Å². The maximum atomic E-state index is 13.9. The van der Waals surface area contributed by atoms with E-state index in [4.69, 9.17) is 5.11 Å². The number of aryl methyl sites for hydroxylation is 2. The standard InChI is InChI=1S/C13H10F4N2O2/c1-6-3-9(14)8(4-7(6)12(20)21)10-5-11(13(15,16)17)19(2)18-10/h3-5H,1-2H3,(H,20,21). The summed E-state index contributed by atoms with van der Waals surface area (Å²) < 4.78 is 52.6. The number of alkyl halides is 3. The van der Waals surface area contributed by atoms with Gasteiger partial charge in [-0.3, -0.25) is 4.68 Å². The molecule has 0 aliphatic heterocycles. The minimum Gasteiger partial charge on any atom is -0.478 e.